The lowest BCUT2D eigenvalue weighted by Crippen LogP contribution is -1.76. The van der Waals surface area contributed by atoms with E-state index < -0.39 is 0 Å². The minimum atomic E-state index is 1.05. The molecule has 84 valence electrons. The molecule has 0 aliphatic rings. The summed E-state index contributed by atoms with van der Waals surface area (Å²) in [5, 5.41) is 2.52. The second-order valence-corrected chi connectivity index (χ2v) is 6.64. The number of hydrogen-bond donors (Lipinski definition) is 0. The Hall–Kier alpha value is -0.380. The molecule has 2 aromatic carbocycles. The quantitative estimate of drug-likeness (QED) is 0.461. The van der Waals surface area contributed by atoms with E-state index in [4.69, 9.17) is 0 Å². The van der Waals surface area contributed by atoms with Gasteiger partial charge in [0.1, 0.15) is 0 Å². The fourth-order valence-corrected chi connectivity index (χ4v) is 4.14. The summed E-state index contributed by atoms with van der Waals surface area (Å²) in [5.74, 6) is 0. The van der Waals surface area contributed by atoms with Crippen LogP contribution < -0.4 is 0 Å². The van der Waals surface area contributed by atoms with E-state index in [1.807, 2.05) is 0 Å². The van der Waals surface area contributed by atoms with Crippen molar-refractivity contribution in [1.82, 2.24) is 0 Å². The number of fused-ring (bicyclic) bond motifs is 3. The summed E-state index contributed by atoms with van der Waals surface area (Å²) < 4.78 is 4.58. The molecule has 0 bridgehead atoms. The summed E-state index contributed by atoms with van der Waals surface area (Å²) in [5.41, 5.74) is 2.11. The van der Waals surface area contributed by atoms with Gasteiger partial charge < -0.3 is 0 Å². The molecule has 0 aliphatic heterocycles. The van der Waals surface area contributed by atoms with Crippen LogP contribution in [0, 0.1) is 13.8 Å². The van der Waals surface area contributed by atoms with Crippen LogP contribution in [0.2, 0.25) is 0 Å². The third kappa shape index (κ3) is 1.67. The van der Waals surface area contributed by atoms with Gasteiger partial charge in [0, 0.05) is 29.1 Å². The molecule has 0 N–H and O–H groups in total. The van der Waals surface area contributed by atoms with Gasteiger partial charge in [-0.25, -0.2) is 0 Å². The van der Waals surface area contributed by atoms with E-state index in [0.717, 1.165) is 20.1 Å². The molecule has 0 unspecified atom stereocenters. The third-order valence-corrected chi connectivity index (χ3v) is 5.73. The third-order valence-electron chi connectivity index (χ3n) is 2.90. The first-order valence-corrected chi connectivity index (χ1v) is 7.47. The van der Waals surface area contributed by atoms with Gasteiger partial charge in [-0.3, -0.25) is 0 Å². The predicted molar refractivity (Wildman–Crippen MR) is 83.6 cm³/mol. The van der Waals surface area contributed by atoms with Gasteiger partial charge in [-0.05, 0) is 37.1 Å². The van der Waals surface area contributed by atoms with Crippen LogP contribution in [0.3, 0.4) is 0 Å². The molecule has 3 heteroatoms. The summed E-state index contributed by atoms with van der Waals surface area (Å²) in [7, 11) is 0. The second-order valence-electron chi connectivity index (χ2n) is 3.91. The lowest BCUT2D eigenvalue weighted by atomic mass is 10.1. The van der Waals surface area contributed by atoms with Crippen LogP contribution in [0.15, 0.2) is 33.2 Å². The molecule has 0 aliphatic carbocycles. The van der Waals surface area contributed by atoms with Gasteiger partial charge in [-0.2, -0.15) is 0 Å². The first-order chi connectivity index (χ1) is 8.09. The maximum atomic E-state index is 4.13. The molecule has 0 fully saturated rings. The molecular formula is C14H8Br2S. The minimum absolute atomic E-state index is 1.05. The Morgan fingerprint density at radius 3 is 1.59 bits per heavy atom. The molecule has 1 aromatic heterocycles. The molecular weight excluding hydrogens is 360 g/mol. The van der Waals surface area contributed by atoms with Gasteiger partial charge >= 0.3 is 0 Å². The molecule has 0 atom stereocenters. The van der Waals surface area contributed by atoms with E-state index in [1.165, 1.54) is 20.2 Å². The van der Waals surface area contributed by atoms with Crippen LogP contribution in [0.4, 0.5) is 0 Å². The second kappa shape index (κ2) is 4.08. The summed E-state index contributed by atoms with van der Waals surface area (Å²) in [6.07, 6.45) is 0. The van der Waals surface area contributed by atoms with Gasteiger partial charge in [0.25, 0.3) is 0 Å². The fraction of sp³-hybridized carbons (Fsp3) is 0. The number of benzene rings is 2. The van der Waals surface area contributed by atoms with Gasteiger partial charge in [0.05, 0.1) is 0 Å². The normalized spacial score (nSPS) is 11.5. The summed E-state index contributed by atoms with van der Waals surface area (Å²) in [6, 6.07) is 8.39. The highest BCUT2D eigenvalue weighted by molar-refractivity contribution is 9.10. The molecule has 2 radical (unpaired) electrons. The monoisotopic (exact) mass is 366 g/mol. The topological polar surface area (TPSA) is 0 Å². The van der Waals surface area contributed by atoms with Crippen molar-refractivity contribution in [3.63, 3.8) is 0 Å². The maximum Gasteiger partial charge on any atom is 0.0398 e. The Kier molecular flexibility index (Phi) is 2.80. The van der Waals surface area contributed by atoms with E-state index in [9.17, 15) is 0 Å². The van der Waals surface area contributed by atoms with Gasteiger partial charge in [-0.15, -0.1) is 11.3 Å². The fourth-order valence-electron chi connectivity index (χ4n) is 1.97. The standard InChI is InChI=1S/C14H8Br2S/c1-7-11(15)5-3-9-10-4-6-12(16)8(2)14(10)17-13(7)9/h3-6H,1-2H2. The molecule has 0 amide bonds. The highest BCUT2D eigenvalue weighted by Gasteiger charge is 2.11. The Bertz CT molecular complexity index is 679. The Balaban J connectivity index is 2.58. The number of hydrogen-bond acceptors (Lipinski definition) is 1. The Morgan fingerprint density at radius 1 is 0.765 bits per heavy atom. The molecule has 3 rings (SSSR count). The van der Waals surface area contributed by atoms with E-state index in [0.29, 0.717) is 0 Å². The smallest absolute Gasteiger partial charge is 0.0398 e. The molecule has 3 aromatic rings. The van der Waals surface area contributed by atoms with Crippen molar-refractivity contribution in [2.24, 2.45) is 0 Å². The summed E-state index contributed by atoms with van der Waals surface area (Å²) >= 11 is 8.81. The number of halogens is 2. The van der Waals surface area contributed by atoms with Crippen molar-refractivity contribution in [2.45, 2.75) is 0 Å². The van der Waals surface area contributed by atoms with Gasteiger partial charge in [0.15, 0.2) is 0 Å². The van der Waals surface area contributed by atoms with Crippen LogP contribution in [-0.4, -0.2) is 0 Å². The lowest BCUT2D eigenvalue weighted by molar-refractivity contribution is 1.66. The zero-order chi connectivity index (χ0) is 12.2. The van der Waals surface area contributed by atoms with Crippen molar-refractivity contribution in [2.75, 3.05) is 0 Å². The molecule has 0 saturated carbocycles. The first kappa shape index (κ1) is 11.7. The number of thiophene rings is 1. The predicted octanol–water partition coefficient (Wildman–Crippen LogP) is 5.94. The van der Waals surface area contributed by atoms with Crippen LogP contribution in [-0.2, 0) is 0 Å². The lowest BCUT2D eigenvalue weighted by Gasteiger charge is -1.99. The van der Waals surface area contributed by atoms with Gasteiger partial charge in [-0.1, -0.05) is 44.0 Å². The molecule has 0 spiro atoms. The SMILES string of the molecule is [CH2]c1c(Br)ccc2c1sc1c([CH2])c(Br)ccc12. The van der Waals surface area contributed by atoms with E-state index in [-0.39, 0.29) is 0 Å². The number of rotatable bonds is 0. The minimum Gasteiger partial charge on any atom is -0.135 e. The zero-order valence-electron chi connectivity index (χ0n) is 8.89. The van der Waals surface area contributed by atoms with Crippen LogP contribution in [0.1, 0.15) is 11.1 Å². The largest absolute Gasteiger partial charge is 0.135 e. The Labute approximate surface area is 121 Å². The first-order valence-electron chi connectivity index (χ1n) is 5.06. The van der Waals surface area contributed by atoms with Crippen LogP contribution in [0.25, 0.3) is 20.2 Å². The molecule has 17 heavy (non-hydrogen) atoms. The highest BCUT2D eigenvalue weighted by Crippen LogP contribution is 2.41. The van der Waals surface area contributed by atoms with Crippen molar-refractivity contribution >= 4 is 63.4 Å². The van der Waals surface area contributed by atoms with Crippen molar-refractivity contribution in [1.29, 1.82) is 0 Å². The van der Waals surface area contributed by atoms with Crippen molar-refractivity contribution in [3.05, 3.63) is 58.2 Å². The van der Waals surface area contributed by atoms with Crippen molar-refractivity contribution < 1.29 is 0 Å². The van der Waals surface area contributed by atoms with E-state index in [2.05, 4.69) is 70.0 Å². The average Bonchev–Trinajstić information content (AvgIpc) is 2.69. The summed E-state index contributed by atoms with van der Waals surface area (Å²) in [6.45, 7) is 8.25. The molecule has 0 saturated heterocycles. The maximum absolute atomic E-state index is 4.13. The van der Waals surface area contributed by atoms with E-state index in [1.54, 1.807) is 11.3 Å². The molecule has 1 heterocycles. The van der Waals surface area contributed by atoms with Crippen molar-refractivity contribution in [3.8, 4) is 0 Å². The van der Waals surface area contributed by atoms with Gasteiger partial charge in [0.2, 0.25) is 0 Å². The zero-order valence-corrected chi connectivity index (χ0v) is 12.9. The van der Waals surface area contributed by atoms with E-state index >= 15 is 0 Å². The Morgan fingerprint density at radius 2 is 1.18 bits per heavy atom. The average molecular weight is 368 g/mol. The summed E-state index contributed by atoms with van der Waals surface area (Å²) in [4.78, 5) is 0. The molecule has 0 nitrogen and oxygen atoms in total. The van der Waals surface area contributed by atoms with Crippen LogP contribution >= 0.6 is 43.2 Å². The highest BCUT2D eigenvalue weighted by atomic mass is 79.9. The van der Waals surface area contributed by atoms with Crippen LogP contribution in [0.5, 0.6) is 0 Å².